The van der Waals surface area contributed by atoms with Gasteiger partial charge in [-0.05, 0) is 43.1 Å². The van der Waals surface area contributed by atoms with Gasteiger partial charge in [0.1, 0.15) is 0 Å². The van der Waals surface area contributed by atoms with Gasteiger partial charge in [0.25, 0.3) is 0 Å². The Hall–Kier alpha value is -0.0800. The van der Waals surface area contributed by atoms with Crippen molar-refractivity contribution >= 4 is 0 Å². The number of aliphatic hydroxyl groups excluding tert-OH is 1. The van der Waals surface area contributed by atoms with Gasteiger partial charge in [-0.3, -0.25) is 0 Å². The molecule has 62 valence electrons. The van der Waals surface area contributed by atoms with Crippen LogP contribution in [0.1, 0.15) is 12.8 Å². The maximum atomic E-state index is 9.18. The second-order valence-corrected chi connectivity index (χ2v) is 4.42. The van der Waals surface area contributed by atoms with Crippen LogP contribution >= 0.6 is 0 Å². The van der Waals surface area contributed by atoms with Crippen LogP contribution in [0.5, 0.6) is 0 Å². The van der Waals surface area contributed by atoms with Crippen molar-refractivity contribution in [3.8, 4) is 0 Å². The Morgan fingerprint density at radius 1 is 1.27 bits per heavy atom. The van der Waals surface area contributed by atoms with Gasteiger partial charge in [0, 0.05) is 12.6 Å². The first-order valence-corrected chi connectivity index (χ1v) is 4.74. The van der Waals surface area contributed by atoms with E-state index in [-0.39, 0.29) is 0 Å². The lowest BCUT2D eigenvalue weighted by Gasteiger charge is -2.25. The second kappa shape index (κ2) is 1.99. The summed E-state index contributed by atoms with van der Waals surface area (Å²) in [4.78, 5) is 0. The Bertz CT molecular complexity index is 180. The van der Waals surface area contributed by atoms with E-state index in [0.29, 0.717) is 12.5 Å². The van der Waals surface area contributed by atoms with Crippen molar-refractivity contribution in [3.05, 3.63) is 0 Å². The van der Waals surface area contributed by atoms with E-state index in [9.17, 15) is 5.11 Å². The fourth-order valence-electron chi connectivity index (χ4n) is 3.71. The summed E-state index contributed by atoms with van der Waals surface area (Å²) in [6, 6.07) is 0.827. The molecule has 2 nitrogen and oxygen atoms in total. The molecular formula is C9H15NO. The van der Waals surface area contributed by atoms with E-state index in [0.717, 1.165) is 23.8 Å². The van der Waals surface area contributed by atoms with Gasteiger partial charge >= 0.3 is 0 Å². The van der Waals surface area contributed by atoms with Crippen LogP contribution in [0.4, 0.5) is 0 Å². The smallest absolute Gasteiger partial charge is 0.0465 e. The number of aliphatic hydroxyl groups is 1. The van der Waals surface area contributed by atoms with E-state index >= 15 is 0 Å². The van der Waals surface area contributed by atoms with Gasteiger partial charge in [0.05, 0.1) is 0 Å². The minimum absolute atomic E-state index is 0.431. The SMILES string of the molecule is OC[C@H]1[C@H]2C[C@@H]3[C@@H]1CN[C@H]3C2. The van der Waals surface area contributed by atoms with Crippen LogP contribution in [-0.2, 0) is 0 Å². The van der Waals surface area contributed by atoms with Crippen LogP contribution in [0.25, 0.3) is 0 Å². The van der Waals surface area contributed by atoms with Crippen molar-refractivity contribution in [2.75, 3.05) is 13.2 Å². The molecule has 11 heavy (non-hydrogen) atoms. The van der Waals surface area contributed by atoms with Crippen molar-refractivity contribution < 1.29 is 5.11 Å². The van der Waals surface area contributed by atoms with Gasteiger partial charge < -0.3 is 10.4 Å². The molecule has 0 radical (unpaired) electrons. The molecule has 0 spiro atoms. The Morgan fingerprint density at radius 2 is 2.18 bits per heavy atom. The first kappa shape index (κ1) is 6.44. The van der Waals surface area contributed by atoms with Crippen molar-refractivity contribution in [1.29, 1.82) is 0 Å². The van der Waals surface area contributed by atoms with Crippen molar-refractivity contribution in [1.82, 2.24) is 5.32 Å². The largest absolute Gasteiger partial charge is 0.396 e. The van der Waals surface area contributed by atoms with E-state index in [2.05, 4.69) is 5.32 Å². The van der Waals surface area contributed by atoms with Crippen LogP contribution in [0.3, 0.4) is 0 Å². The molecular weight excluding hydrogens is 138 g/mol. The highest BCUT2D eigenvalue weighted by Gasteiger charge is 2.55. The molecule has 2 heteroatoms. The third-order valence-electron chi connectivity index (χ3n) is 4.18. The molecule has 1 heterocycles. The molecule has 0 aromatic heterocycles. The molecule has 1 aliphatic heterocycles. The topological polar surface area (TPSA) is 32.3 Å². The molecule has 2 saturated carbocycles. The monoisotopic (exact) mass is 153 g/mol. The van der Waals surface area contributed by atoms with E-state index in [1.54, 1.807) is 0 Å². The Kier molecular flexibility index (Phi) is 1.16. The summed E-state index contributed by atoms with van der Waals surface area (Å²) < 4.78 is 0. The summed E-state index contributed by atoms with van der Waals surface area (Å²) in [5.41, 5.74) is 0. The first-order chi connectivity index (χ1) is 5.40. The highest BCUT2D eigenvalue weighted by molar-refractivity contribution is 5.08. The number of rotatable bonds is 1. The van der Waals surface area contributed by atoms with Crippen LogP contribution in [0, 0.1) is 23.7 Å². The summed E-state index contributed by atoms with van der Waals surface area (Å²) in [6.45, 7) is 1.61. The zero-order valence-electron chi connectivity index (χ0n) is 6.66. The quantitative estimate of drug-likeness (QED) is 0.565. The first-order valence-electron chi connectivity index (χ1n) is 4.74. The lowest BCUT2D eigenvalue weighted by Crippen LogP contribution is -2.28. The van der Waals surface area contributed by atoms with E-state index in [4.69, 9.17) is 0 Å². The number of nitrogens with one attached hydrogen (secondary N) is 1. The highest BCUT2D eigenvalue weighted by atomic mass is 16.3. The third-order valence-corrected chi connectivity index (χ3v) is 4.18. The number of hydrogen-bond acceptors (Lipinski definition) is 2. The summed E-state index contributed by atoms with van der Waals surface area (Å²) in [5, 5.41) is 12.7. The molecule has 2 N–H and O–H groups in total. The Morgan fingerprint density at radius 3 is 3.00 bits per heavy atom. The standard InChI is InChI=1S/C9H15NO/c11-4-8-5-1-6-7(8)3-10-9(6)2-5/h5-11H,1-4H2/t5-,6+,7-,8-,9-/m0/s1. The predicted molar refractivity (Wildman–Crippen MR) is 42.1 cm³/mol. The maximum absolute atomic E-state index is 9.18. The molecule has 0 unspecified atom stereocenters. The predicted octanol–water partition coefficient (Wildman–Crippen LogP) is 0.223. The van der Waals surface area contributed by atoms with Crippen LogP contribution < -0.4 is 5.32 Å². The minimum atomic E-state index is 0.431. The van der Waals surface area contributed by atoms with Crippen molar-refractivity contribution in [2.45, 2.75) is 18.9 Å². The summed E-state index contributed by atoms with van der Waals surface area (Å²) >= 11 is 0. The van der Waals surface area contributed by atoms with Crippen molar-refractivity contribution in [2.24, 2.45) is 23.7 Å². The molecule has 3 rings (SSSR count). The van der Waals surface area contributed by atoms with Gasteiger partial charge in [-0.15, -0.1) is 0 Å². The fourth-order valence-corrected chi connectivity index (χ4v) is 3.71. The second-order valence-electron chi connectivity index (χ2n) is 4.42. The molecule has 3 fully saturated rings. The molecule has 0 amide bonds. The molecule has 5 atom stereocenters. The average molecular weight is 153 g/mol. The van der Waals surface area contributed by atoms with Crippen LogP contribution in [0.2, 0.25) is 0 Å². The number of fused-ring (bicyclic) bond motifs is 1. The molecule has 3 aliphatic rings. The fraction of sp³-hybridized carbons (Fsp3) is 1.00. The Balaban J connectivity index is 1.92. The number of hydrogen-bond donors (Lipinski definition) is 2. The average Bonchev–Trinajstić information content (AvgIpc) is 2.55. The molecule has 2 bridgehead atoms. The van der Waals surface area contributed by atoms with E-state index < -0.39 is 0 Å². The highest BCUT2D eigenvalue weighted by Crippen LogP contribution is 2.54. The summed E-state index contributed by atoms with van der Waals surface area (Å²) in [7, 11) is 0. The zero-order chi connectivity index (χ0) is 7.42. The van der Waals surface area contributed by atoms with E-state index in [1.807, 2.05) is 0 Å². The Labute approximate surface area is 67.0 Å². The summed E-state index contributed by atoms with van der Waals surface area (Å²) in [6.07, 6.45) is 2.74. The van der Waals surface area contributed by atoms with Crippen LogP contribution in [0.15, 0.2) is 0 Å². The minimum Gasteiger partial charge on any atom is -0.396 e. The van der Waals surface area contributed by atoms with E-state index in [1.165, 1.54) is 19.4 Å². The lowest BCUT2D eigenvalue weighted by atomic mass is 9.81. The third kappa shape index (κ3) is 0.651. The van der Waals surface area contributed by atoms with Crippen molar-refractivity contribution in [3.63, 3.8) is 0 Å². The summed E-state index contributed by atoms with van der Waals surface area (Å²) in [5.74, 6) is 3.25. The molecule has 2 aliphatic carbocycles. The van der Waals surface area contributed by atoms with Crippen LogP contribution in [-0.4, -0.2) is 24.3 Å². The lowest BCUT2D eigenvalue weighted by molar-refractivity contribution is 0.144. The van der Waals surface area contributed by atoms with Gasteiger partial charge in [-0.1, -0.05) is 0 Å². The van der Waals surface area contributed by atoms with Gasteiger partial charge in [0.15, 0.2) is 0 Å². The maximum Gasteiger partial charge on any atom is 0.0465 e. The molecule has 1 saturated heterocycles. The van der Waals surface area contributed by atoms with Gasteiger partial charge in [-0.25, -0.2) is 0 Å². The van der Waals surface area contributed by atoms with Gasteiger partial charge in [0.2, 0.25) is 0 Å². The zero-order valence-corrected chi connectivity index (χ0v) is 6.66. The molecule has 0 aromatic rings. The normalized spacial score (nSPS) is 59.2. The van der Waals surface area contributed by atoms with Gasteiger partial charge in [-0.2, -0.15) is 0 Å². The molecule has 0 aromatic carbocycles.